The van der Waals surface area contributed by atoms with Crippen molar-refractivity contribution in [1.29, 1.82) is 0 Å². The maximum atomic E-state index is 12.5. The van der Waals surface area contributed by atoms with Crippen LogP contribution in [0.25, 0.3) is 0 Å². The second-order valence-electron chi connectivity index (χ2n) is 5.41. The van der Waals surface area contributed by atoms with Crippen molar-refractivity contribution in [2.45, 2.75) is 37.8 Å². The summed E-state index contributed by atoms with van der Waals surface area (Å²) < 4.78 is 0. The highest BCUT2D eigenvalue weighted by molar-refractivity contribution is 7.08. The summed E-state index contributed by atoms with van der Waals surface area (Å²) in [6.07, 6.45) is 4.85. The van der Waals surface area contributed by atoms with Gasteiger partial charge in [-0.15, -0.1) is 0 Å². The number of hydrogen-bond acceptors (Lipinski definition) is 3. The number of nitrogens with zero attached hydrogens (tertiary/aromatic N) is 2. The molecule has 2 atom stereocenters. The Labute approximate surface area is 112 Å². The third-order valence-electron chi connectivity index (χ3n) is 4.35. The number of likely N-dealkylation sites (tertiary alicyclic amines) is 2. The molecule has 0 bridgehead atoms. The van der Waals surface area contributed by atoms with Gasteiger partial charge in [0.05, 0.1) is 5.56 Å². The molecule has 0 spiro atoms. The normalized spacial score (nSPS) is 29.1. The lowest BCUT2D eigenvalue weighted by Crippen LogP contribution is -2.47. The highest BCUT2D eigenvalue weighted by Gasteiger charge is 2.38. The molecule has 0 aromatic carbocycles. The summed E-state index contributed by atoms with van der Waals surface area (Å²) >= 11 is 1.60. The molecule has 98 valence electrons. The third kappa shape index (κ3) is 2.08. The van der Waals surface area contributed by atoms with Crippen molar-refractivity contribution >= 4 is 17.2 Å². The average Bonchev–Trinajstić information content (AvgIpc) is 3.09. The van der Waals surface area contributed by atoms with E-state index in [0.29, 0.717) is 12.1 Å². The van der Waals surface area contributed by atoms with E-state index in [1.807, 2.05) is 16.8 Å². The number of likely N-dealkylation sites (N-methyl/N-ethyl adjacent to an activating group) is 1. The maximum Gasteiger partial charge on any atom is 0.255 e. The fraction of sp³-hybridized carbons (Fsp3) is 0.643. The number of amides is 1. The predicted octanol–water partition coefficient (Wildman–Crippen LogP) is 2.45. The number of carbonyl (C=O) groups is 1. The van der Waals surface area contributed by atoms with Crippen LogP contribution in [0.1, 0.15) is 36.0 Å². The molecular weight excluding hydrogens is 244 g/mol. The van der Waals surface area contributed by atoms with Gasteiger partial charge in [0.15, 0.2) is 0 Å². The number of carbonyl (C=O) groups excluding carboxylic acids is 1. The van der Waals surface area contributed by atoms with E-state index in [0.717, 1.165) is 18.5 Å². The SMILES string of the molecule is CN1CCC[C@@H]1[C@H]1CCCN1C(=O)c1ccsc1. The van der Waals surface area contributed by atoms with Crippen LogP contribution in [-0.2, 0) is 0 Å². The fourth-order valence-corrected chi connectivity index (χ4v) is 4.05. The lowest BCUT2D eigenvalue weighted by molar-refractivity contribution is 0.0665. The molecule has 2 saturated heterocycles. The molecule has 1 amide bonds. The van der Waals surface area contributed by atoms with E-state index in [-0.39, 0.29) is 5.91 Å². The van der Waals surface area contributed by atoms with Crippen LogP contribution in [0.2, 0.25) is 0 Å². The van der Waals surface area contributed by atoms with Crippen LogP contribution in [-0.4, -0.2) is 47.9 Å². The Hall–Kier alpha value is -0.870. The Morgan fingerprint density at radius 1 is 1.28 bits per heavy atom. The first kappa shape index (κ1) is 12.2. The standard InChI is InChI=1S/C14H20N2OS/c1-15-7-2-4-12(15)13-5-3-8-16(13)14(17)11-6-9-18-10-11/h6,9-10,12-13H,2-5,7-8H2,1H3/t12-,13-/m1/s1. The largest absolute Gasteiger partial charge is 0.334 e. The summed E-state index contributed by atoms with van der Waals surface area (Å²) in [6.45, 7) is 2.12. The van der Waals surface area contributed by atoms with E-state index in [4.69, 9.17) is 0 Å². The maximum absolute atomic E-state index is 12.5. The number of rotatable bonds is 2. The molecule has 0 radical (unpaired) electrons. The fourth-order valence-electron chi connectivity index (χ4n) is 3.42. The van der Waals surface area contributed by atoms with Gasteiger partial charge in [-0.1, -0.05) is 0 Å². The summed E-state index contributed by atoms with van der Waals surface area (Å²) in [7, 11) is 2.20. The van der Waals surface area contributed by atoms with E-state index in [2.05, 4.69) is 16.8 Å². The van der Waals surface area contributed by atoms with Gasteiger partial charge < -0.3 is 9.80 Å². The van der Waals surface area contributed by atoms with Crippen LogP contribution in [0.4, 0.5) is 0 Å². The van der Waals surface area contributed by atoms with Gasteiger partial charge in [-0.05, 0) is 50.7 Å². The summed E-state index contributed by atoms with van der Waals surface area (Å²) in [5.41, 5.74) is 0.868. The molecule has 1 aromatic rings. The van der Waals surface area contributed by atoms with E-state index in [9.17, 15) is 4.79 Å². The molecular formula is C14H20N2OS. The first-order valence-corrected chi connectivity index (χ1v) is 7.75. The van der Waals surface area contributed by atoms with E-state index >= 15 is 0 Å². The molecule has 0 unspecified atom stereocenters. The molecule has 3 heterocycles. The molecule has 0 saturated carbocycles. The predicted molar refractivity (Wildman–Crippen MR) is 74.0 cm³/mol. The molecule has 0 N–H and O–H groups in total. The van der Waals surface area contributed by atoms with Crippen LogP contribution in [0.5, 0.6) is 0 Å². The van der Waals surface area contributed by atoms with Gasteiger partial charge in [-0.3, -0.25) is 4.79 Å². The second-order valence-corrected chi connectivity index (χ2v) is 6.19. The minimum Gasteiger partial charge on any atom is -0.334 e. The van der Waals surface area contributed by atoms with Gasteiger partial charge in [0, 0.05) is 24.0 Å². The molecule has 2 fully saturated rings. The molecule has 3 nitrogen and oxygen atoms in total. The van der Waals surface area contributed by atoms with Crippen molar-refractivity contribution in [2.75, 3.05) is 20.1 Å². The van der Waals surface area contributed by atoms with Crippen molar-refractivity contribution in [1.82, 2.24) is 9.80 Å². The van der Waals surface area contributed by atoms with Gasteiger partial charge in [-0.25, -0.2) is 0 Å². The molecule has 0 aliphatic carbocycles. The van der Waals surface area contributed by atoms with Gasteiger partial charge >= 0.3 is 0 Å². The summed E-state index contributed by atoms with van der Waals surface area (Å²) in [5.74, 6) is 0.235. The smallest absolute Gasteiger partial charge is 0.255 e. The Bertz CT molecular complexity index is 417. The van der Waals surface area contributed by atoms with Crippen LogP contribution in [0.3, 0.4) is 0 Å². The third-order valence-corrected chi connectivity index (χ3v) is 5.03. The highest BCUT2D eigenvalue weighted by Crippen LogP contribution is 2.30. The molecule has 3 rings (SSSR count). The monoisotopic (exact) mass is 264 g/mol. The minimum absolute atomic E-state index is 0.235. The Balaban J connectivity index is 1.77. The summed E-state index contributed by atoms with van der Waals surface area (Å²) in [6, 6.07) is 2.96. The zero-order valence-corrected chi connectivity index (χ0v) is 11.7. The van der Waals surface area contributed by atoms with Gasteiger partial charge in [0.2, 0.25) is 0 Å². The summed E-state index contributed by atoms with van der Waals surface area (Å²) in [5, 5.41) is 3.95. The van der Waals surface area contributed by atoms with Crippen molar-refractivity contribution < 1.29 is 4.79 Å². The van der Waals surface area contributed by atoms with E-state index < -0.39 is 0 Å². The van der Waals surface area contributed by atoms with Crippen LogP contribution >= 0.6 is 11.3 Å². The van der Waals surface area contributed by atoms with Crippen molar-refractivity contribution in [3.63, 3.8) is 0 Å². The zero-order chi connectivity index (χ0) is 12.5. The number of hydrogen-bond donors (Lipinski definition) is 0. The average molecular weight is 264 g/mol. The van der Waals surface area contributed by atoms with Crippen LogP contribution < -0.4 is 0 Å². The second kappa shape index (κ2) is 5.02. The van der Waals surface area contributed by atoms with E-state index in [1.165, 1.54) is 25.8 Å². The quantitative estimate of drug-likeness (QED) is 0.819. The Morgan fingerprint density at radius 2 is 2.06 bits per heavy atom. The molecule has 18 heavy (non-hydrogen) atoms. The minimum atomic E-state index is 0.235. The first-order valence-electron chi connectivity index (χ1n) is 6.81. The van der Waals surface area contributed by atoms with E-state index in [1.54, 1.807) is 11.3 Å². The Kier molecular flexibility index (Phi) is 3.39. The molecule has 2 aliphatic rings. The lowest BCUT2D eigenvalue weighted by atomic mass is 10.0. The van der Waals surface area contributed by atoms with Crippen molar-refractivity contribution in [2.24, 2.45) is 0 Å². The highest BCUT2D eigenvalue weighted by atomic mass is 32.1. The Morgan fingerprint density at radius 3 is 2.72 bits per heavy atom. The van der Waals surface area contributed by atoms with Crippen molar-refractivity contribution in [3.05, 3.63) is 22.4 Å². The first-order chi connectivity index (χ1) is 8.77. The van der Waals surface area contributed by atoms with Crippen LogP contribution in [0, 0.1) is 0 Å². The van der Waals surface area contributed by atoms with Gasteiger partial charge in [0.25, 0.3) is 5.91 Å². The molecule has 1 aromatic heterocycles. The zero-order valence-electron chi connectivity index (χ0n) is 10.8. The number of thiophene rings is 1. The summed E-state index contributed by atoms with van der Waals surface area (Å²) in [4.78, 5) is 17.0. The topological polar surface area (TPSA) is 23.6 Å². The van der Waals surface area contributed by atoms with Crippen LogP contribution in [0.15, 0.2) is 16.8 Å². The van der Waals surface area contributed by atoms with Crippen molar-refractivity contribution in [3.8, 4) is 0 Å². The van der Waals surface area contributed by atoms with Gasteiger partial charge in [0.1, 0.15) is 0 Å². The lowest BCUT2D eigenvalue weighted by Gasteiger charge is -2.33. The molecule has 4 heteroatoms. The molecule has 2 aliphatic heterocycles. The van der Waals surface area contributed by atoms with Gasteiger partial charge in [-0.2, -0.15) is 11.3 Å².